The molecule has 1 aromatic carbocycles. The monoisotopic (exact) mass is 289 g/mol. The summed E-state index contributed by atoms with van der Waals surface area (Å²) in [7, 11) is 0. The zero-order chi connectivity index (χ0) is 15.3. The minimum absolute atomic E-state index is 0.0431. The van der Waals surface area contributed by atoms with Crippen molar-refractivity contribution in [3.63, 3.8) is 0 Å². The van der Waals surface area contributed by atoms with Gasteiger partial charge in [-0.1, -0.05) is 24.0 Å². The normalized spacial score (nSPS) is 9.81. The molecule has 0 unspecified atom stereocenters. The molecule has 0 bridgehead atoms. The molecule has 0 aromatic heterocycles. The van der Waals surface area contributed by atoms with Gasteiger partial charge in [-0.15, -0.1) is 0 Å². The lowest BCUT2D eigenvalue weighted by molar-refractivity contribution is -0.121. The second kappa shape index (κ2) is 10.9. The van der Waals surface area contributed by atoms with E-state index in [9.17, 15) is 4.79 Å². The Morgan fingerprint density at radius 1 is 1.33 bits per heavy atom. The number of amides is 1. The fourth-order valence-corrected chi connectivity index (χ4v) is 1.69. The SMILES string of the molecule is CCOCCCC(=O)NCc1ccc(C#CCCO)cc1. The minimum atomic E-state index is 0.0431. The first-order valence-corrected chi connectivity index (χ1v) is 7.29. The zero-order valence-electron chi connectivity index (χ0n) is 12.5. The number of nitrogens with one attached hydrogen (secondary N) is 1. The maximum atomic E-state index is 11.6. The molecule has 0 saturated carbocycles. The van der Waals surface area contributed by atoms with Crippen molar-refractivity contribution in [1.29, 1.82) is 0 Å². The van der Waals surface area contributed by atoms with Crippen LogP contribution in [-0.2, 0) is 16.1 Å². The Kier molecular flexibility index (Phi) is 8.94. The van der Waals surface area contributed by atoms with Gasteiger partial charge in [0.1, 0.15) is 0 Å². The lowest BCUT2D eigenvalue weighted by Gasteiger charge is -2.05. The van der Waals surface area contributed by atoms with E-state index in [2.05, 4.69) is 17.2 Å². The van der Waals surface area contributed by atoms with Gasteiger partial charge in [-0.2, -0.15) is 0 Å². The van der Waals surface area contributed by atoms with Crippen LogP contribution in [0.5, 0.6) is 0 Å². The summed E-state index contributed by atoms with van der Waals surface area (Å²) >= 11 is 0. The average Bonchev–Trinajstić information content (AvgIpc) is 2.51. The van der Waals surface area contributed by atoms with Crippen LogP contribution in [0, 0.1) is 11.8 Å². The molecule has 0 atom stereocenters. The molecule has 0 radical (unpaired) electrons. The van der Waals surface area contributed by atoms with Gasteiger partial charge < -0.3 is 15.2 Å². The predicted molar refractivity (Wildman–Crippen MR) is 82.6 cm³/mol. The van der Waals surface area contributed by atoms with Gasteiger partial charge in [-0.3, -0.25) is 4.79 Å². The molecule has 0 saturated heterocycles. The number of carbonyl (C=O) groups is 1. The summed E-state index contributed by atoms with van der Waals surface area (Å²) in [4.78, 5) is 11.6. The van der Waals surface area contributed by atoms with Crippen LogP contribution in [0.25, 0.3) is 0 Å². The van der Waals surface area contributed by atoms with Gasteiger partial charge in [0, 0.05) is 38.2 Å². The summed E-state index contributed by atoms with van der Waals surface area (Å²) in [6, 6.07) is 7.73. The van der Waals surface area contributed by atoms with Crippen molar-refractivity contribution in [2.75, 3.05) is 19.8 Å². The third kappa shape index (κ3) is 8.13. The molecule has 0 aliphatic carbocycles. The molecule has 1 aromatic rings. The molecular weight excluding hydrogens is 266 g/mol. The van der Waals surface area contributed by atoms with Crippen LogP contribution in [-0.4, -0.2) is 30.8 Å². The van der Waals surface area contributed by atoms with Crippen LogP contribution in [0.3, 0.4) is 0 Å². The van der Waals surface area contributed by atoms with E-state index >= 15 is 0 Å². The predicted octanol–water partition coefficient (Wildman–Crippen LogP) is 1.85. The van der Waals surface area contributed by atoms with E-state index < -0.39 is 0 Å². The van der Waals surface area contributed by atoms with Crippen LogP contribution in [0.2, 0.25) is 0 Å². The highest BCUT2D eigenvalue weighted by atomic mass is 16.5. The summed E-state index contributed by atoms with van der Waals surface area (Å²) < 4.78 is 5.19. The van der Waals surface area contributed by atoms with Crippen LogP contribution < -0.4 is 5.32 Å². The van der Waals surface area contributed by atoms with Gasteiger partial charge in [-0.05, 0) is 31.0 Å². The van der Waals surface area contributed by atoms with E-state index in [1.54, 1.807) is 0 Å². The Morgan fingerprint density at radius 2 is 2.10 bits per heavy atom. The Labute approximate surface area is 126 Å². The van der Waals surface area contributed by atoms with Crippen molar-refractivity contribution in [3.8, 4) is 11.8 Å². The number of aliphatic hydroxyl groups is 1. The van der Waals surface area contributed by atoms with E-state index in [1.165, 1.54) is 0 Å². The minimum Gasteiger partial charge on any atom is -0.395 e. The Morgan fingerprint density at radius 3 is 2.76 bits per heavy atom. The summed E-state index contributed by atoms with van der Waals surface area (Å²) in [5.74, 6) is 5.88. The first-order chi connectivity index (χ1) is 10.3. The zero-order valence-corrected chi connectivity index (χ0v) is 12.5. The standard InChI is InChI=1S/C17H23NO3/c1-2-21-13-5-7-17(20)18-14-16-10-8-15(9-11-16)6-3-4-12-19/h8-11,19H,2,4-5,7,12-14H2,1H3,(H,18,20). The quantitative estimate of drug-likeness (QED) is 0.567. The number of rotatable bonds is 8. The molecule has 4 heteroatoms. The van der Waals surface area contributed by atoms with E-state index in [1.807, 2.05) is 31.2 Å². The smallest absolute Gasteiger partial charge is 0.220 e. The van der Waals surface area contributed by atoms with Gasteiger partial charge >= 0.3 is 0 Å². The van der Waals surface area contributed by atoms with Crippen molar-refractivity contribution < 1.29 is 14.6 Å². The second-order valence-corrected chi connectivity index (χ2v) is 4.55. The molecule has 0 spiro atoms. The second-order valence-electron chi connectivity index (χ2n) is 4.55. The molecule has 21 heavy (non-hydrogen) atoms. The van der Waals surface area contributed by atoms with Crippen LogP contribution in [0.1, 0.15) is 37.3 Å². The Bertz CT molecular complexity index is 471. The fraction of sp³-hybridized carbons (Fsp3) is 0.471. The molecule has 0 fully saturated rings. The van der Waals surface area contributed by atoms with E-state index in [0.29, 0.717) is 32.6 Å². The number of aliphatic hydroxyl groups excluding tert-OH is 1. The molecule has 1 amide bonds. The van der Waals surface area contributed by atoms with E-state index in [4.69, 9.17) is 9.84 Å². The number of ether oxygens (including phenoxy) is 1. The lowest BCUT2D eigenvalue weighted by Crippen LogP contribution is -2.22. The van der Waals surface area contributed by atoms with Crippen molar-refractivity contribution >= 4 is 5.91 Å². The largest absolute Gasteiger partial charge is 0.395 e. The summed E-state index contributed by atoms with van der Waals surface area (Å²) in [5, 5.41) is 11.5. The first kappa shape index (κ1) is 17.2. The van der Waals surface area contributed by atoms with Crippen molar-refractivity contribution in [1.82, 2.24) is 5.32 Å². The fourth-order valence-electron chi connectivity index (χ4n) is 1.69. The lowest BCUT2D eigenvalue weighted by atomic mass is 10.1. The Balaban J connectivity index is 2.29. The molecule has 1 rings (SSSR count). The summed E-state index contributed by atoms with van der Waals surface area (Å²) in [6.45, 7) is 3.87. The van der Waals surface area contributed by atoms with Gasteiger partial charge in [-0.25, -0.2) is 0 Å². The topological polar surface area (TPSA) is 58.6 Å². The Hall–Kier alpha value is -1.83. The third-order valence-electron chi connectivity index (χ3n) is 2.81. The van der Waals surface area contributed by atoms with Gasteiger partial charge in [0.25, 0.3) is 0 Å². The number of carbonyl (C=O) groups excluding carboxylic acids is 1. The van der Waals surface area contributed by atoms with Crippen molar-refractivity contribution in [3.05, 3.63) is 35.4 Å². The van der Waals surface area contributed by atoms with Crippen molar-refractivity contribution in [2.24, 2.45) is 0 Å². The molecule has 0 heterocycles. The van der Waals surface area contributed by atoms with Crippen LogP contribution in [0.15, 0.2) is 24.3 Å². The van der Waals surface area contributed by atoms with Crippen LogP contribution >= 0.6 is 0 Å². The summed E-state index contributed by atoms with van der Waals surface area (Å²) in [5.41, 5.74) is 1.95. The van der Waals surface area contributed by atoms with Crippen LogP contribution in [0.4, 0.5) is 0 Å². The molecule has 2 N–H and O–H groups in total. The molecule has 4 nitrogen and oxygen atoms in total. The first-order valence-electron chi connectivity index (χ1n) is 7.29. The van der Waals surface area contributed by atoms with Gasteiger partial charge in [0.15, 0.2) is 0 Å². The van der Waals surface area contributed by atoms with E-state index in [0.717, 1.165) is 17.5 Å². The highest BCUT2D eigenvalue weighted by Gasteiger charge is 2.01. The molecule has 0 aliphatic rings. The third-order valence-corrected chi connectivity index (χ3v) is 2.81. The van der Waals surface area contributed by atoms with Crippen molar-refractivity contribution in [2.45, 2.75) is 32.7 Å². The number of hydrogen-bond donors (Lipinski definition) is 2. The molecule has 0 aliphatic heterocycles. The van der Waals surface area contributed by atoms with Gasteiger partial charge in [0.2, 0.25) is 5.91 Å². The number of benzene rings is 1. The highest BCUT2D eigenvalue weighted by Crippen LogP contribution is 2.03. The van der Waals surface area contributed by atoms with E-state index in [-0.39, 0.29) is 12.5 Å². The molecule has 114 valence electrons. The number of hydrogen-bond acceptors (Lipinski definition) is 3. The highest BCUT2D eigenvalue weighted by molar-refractivity contribution is 5.75. The average molecular weight is 289 g/mol. The molecular formula is C17H23NO3. The maximum absolute atomic E-state index is 11.6. The maximum Gasteiger partial charge on any atom is 0.220 e. The van der Waals surface area contributed by atoms with Gasteiger partial charge in [0.05, 0.1) is 6.61 Å². The summed E-state index contributed by atoms with van der Waals surface area (Å²) in [6.07, 6.45) is 1.73.